The number of piperidine rings is 1. The summed E-state index contributed by atoms with van der Waals surface area (Å²) in [5.74, 6) is 0. The summed E-state index contributed by atoms with van der Waals surface area (Å²) in [4.78, 5) is 6.76. The molecule has 3 heteroatoms. The topological polar surface area (TPSA) is 36.4 Å². The van der Waals surface area contributed by atoms with Gasteiger partial charge in [-0.25, -0.2) is 0 Å². The van der Waals surface area contributed by atoms with Crippen molar-refractivity contribution in [1.29, 1.82) is 0 Å². The zero-order valence-electron chi connectivity index (χ0n) is 10.5. The number of nitrogens with zero attached hydrogens (tertiary/aromatic N) is 2. The summed E-state index contributed by atoms with van der Waals surface area (Å²) in [6.45, 7) is 4.00. The highest BCUT2D eigenvalue weighted by atomic mass is 16.3. The second-order valence-corrected chi connectivity index (χ2v) is 4.83. The van der Waals surface area contributed by atoms with Crippen molar-refractivity contribution in [2.45, 2.75) is 51.3 Å². The maximum atomic E-state index is 10.1. The van der Waals surface area contributed by atoms with Gasteiger partial charge in [-0.3, -0.25) is 9.88 Å². The summed E-state index contributed by atoms with van der Waals surface area (Å²) in [7, 11) is 0. The van der Waals surface area contributed by atoms with E-state index in [9.17, 15) is 5.11 Å². The van der Waals surface area contributed by atoms with E-state index in [0.717, 1.165) is 31.6 Å². The van der Waals surface area contributed by atoms with Crippen LogP contribution < -0.4 is 0 Å². The smallest absolute Gasteiger partial charge is 0.0692 e. The van der Waals surface area contributed by atoms with Gasteiger partial charge in [0.05, 0.1) is 11.8 Å². The maximum Gasteiger partial charge on any atom is 0.0692 e. The first-order chi connectivity index (χ1) is 8.31. The fourth-order valence-electron chi connectivity index (χ4n) is 2.62. The van der Waals surface area contributed by atoms with Crippen LogP contribution in [-0.2, 0) is 6.54 Å². The molecule has 2 heterocycles. The molecule has 0 aliphatic carbocycles. The van der Waals surface area contributed by atoms with Crippen LogP contribution in [0.2, 0.25) is 0 Å². The molecule has 94 valence electrons. The fraction of sp³-hybridized carbons (Fsp3) is 0.643. The molecule has 2 rings (SSSR count). The second-order valence-electron chi connectivity index (χ2n) is 4.83. The third kappa shape index (κ3) is 3.27. The largest absolute Gasteiger partial charge is 0.392 e. The van der Waals surface area contributed by atoms with Crippen molar-refractivity contribution < 1.29 is 5.11 Å². The Bertz CT molecular complexity index is 328. The van der Waals surface area contributed by atoms with Crippen LogP contribution in [0.3, 0.4) is 0 Å². The van der Waals surface area contributed by atoms with Crippen LogP contribution >= 0.6 is 0 Å². The molecular formula is C14H22N2O. The molecule has 0 spiro atoms. The number of likely N-dealkylation sites (tertiary alicyclic amines) is 1. The van der Waals surface area contributed by atoms with Crippen LogP contribution in [0.4, 0.5) is 0 Å². The SMILES string of the molecule is CC[C@H](O)[C@@H]1CCCCN1Cc1ccccn1. The molecule has 0 aromatic carbocycles. The molecule has 0 bridgehead atoms. The summed E-state index contributed by atoms with van der Waals surface area (Å²) in [6, 6.07) is 6.34. The van der Waals surface area contributed by atoms with E-state index in [1.165, 1.54) is 12.8 Å². The lowest BCUT2D eigenvalue weighted by atomic mass is 9.96. The minimum absolute atomic E-state index is 0.195. The molecule has 1 aliphatic heterocycles. The number of hydrogen-bond donors (Lipinski definition) is 1. The number of rotatable bonds is 4. The number of aliphatic hydroxyl groups is 1. The van der Waals surface area contributed by atoms with E-state index < -0.39 is 0 Å². The van der Waals surface area contributed by atoms with Gasteiger partial charge >= 0.3 is 0 Å². The lowest BCUT2D eigenvalue weighted by molar-refractivity contribution is 0.0189. The Balaban J connectivity index is 2.01. The Morgan fingerprint density at radius 2 is 2.35 bits per heavy atom. The van der Waals surface area contributed by atoms with Gasteiger partial charge < -0.3 is 5.11 Å². The fourth-order valence-corrected chi connectivity index (χ4v) is 2.62. The van der Waals surface area contributed by atoms with E-state index in [-0.39, 0.29) is 6.10 Å². The Morgan fingerprint density at radius 3 is 3.06 bits per heavy atom. The van der Waals surface area contributed by atoms with Crippen molar-refractivity contribution in [3.63, 3.8) is 0 Å². The van der Waals surface area contributed by atoms with E-state index in [0.29, 0.717) is 6.04 Å². The average molecular weight is 234 g/mol. The Hall–Kier alpha value is -0.930. The van der Waals surface area contributed by atoms with Crippen LogP contribution in [0.5, 0.6) is 0 Å². The Kier molecular flexibility index (Phi) is 4.51. The molecular weight excluding hydrogens is 212 g/mol. The molecule has 1 aromatic rings. The van der Waals surface area contributed by atoms with Gasteiger partial charge in [-0.15, -0.1) is 0 Å². The minimum Gasteiger partial charge on any atom is -0.392 e. The highest BCUT2D eigenvalue weighted by Gasteiger charge is 2.27. The molecule has 1 aromatic heterocycles. The van der Waals surface area contributed by atoms with E-state index in [1.807, 2.05) is 18.3 Å². The van der Waals surface area contributed by atoms with Gasteiger partial charge in [0.25, 0.3) is 0 Å². The van der Waals surface area contributed by atoms with Crippen molar-refractivity contribution in [3.05, 3.63) is 30.1 Å². The zero-order chi connectivity index (χ0) is 12.1. The zero-order valence-corrected chi connectivity index (χ0v) is 10.5. The van der Waals surface area contributed by atoms with Gasteiger partial charge in [-0.05, 0) is 37.9 Å². The number of aliphatic hydroxyl groups excluding tert-OH is 1. The summed E-state index contributed by atoms with van der Waals surface area (Å²) >= 11 is 0. The van der Waals surface area contributed by atoms with Crippen LogP contribution in [0.1, 0.15) is 38.3 Å². The van der Waals surface area contributed by atoms with Crippen LogP contribution in [-0.4, -0.2) is 33.7 Å². The molecule has 1 N–H and O–H groups in total. The predicted octanol–water partition coefficient (Wildman–Crippen LogP) is 2.21. The van der Waals surface area contributed by atoms with Gasteiger partial charge in [-0.1, -0.05) is 19.4 Å². The van der Waals surface area contributed by atoms with Crippen molar-refractivity contribution >= 4 is 0 Å². The molecule has 0 unspecified atom stereocenters. The van der Waals surface area contributed by atoms with Crippen molar-refractivity contribution in [3.8, 4) is 0 Å². The maximum absolute atomic E-state index is 10.1. The molecule has 3 nitrogen and oxygen atoms in total. The average Bonchev–Trinajstić information content (AvgIpc) is 2.40. The molecule has 0 radical (unpaired) electrons. The number of hydrogen-bond acceptors (Lipinski definition) is 3. The first-order valence-electron chi connectivity index (χ1n) is 6.63. The molecule has 2 atom stereocenters. The second kappa shape index (κ2) is 6.12. The van der Waals surface area contributed by atoms with E-state index >= 15 is 0 Å². The summed E-state index contributed by atoms with van der Waals surface area (Å²) in [5.41, 5.74) is 1.10. The molecule has 1 fully saturated rings. The van der Waals surface area contributed by atoms with Gasteiger partial charge in [0, 0.05) is 18.8 Å². The van der Waals surface area contributed by atoms with Crippen LogP contribution in [0, 0.1) is 0 Å². The van der Waals surface area contributed by atoms with E-state index in [1.54, 1.807) is 0 Å². The van der Waals surface area contributed by atoms with Gasteiger partial charge in [-0.2, -0.15) is 0 Å². The monoisotopic (exact) mass is 234 g/mol. The van der Waals surface area contributed by atoms with E-state index in [4.69, 9.17) is 0 Å². The molecule has 1 aliphatic rings. The summed E-state index contributed by atoms with van der Waals surface area (Å²) in [5, 5.41) is 10.1. The normalized spacial score (nSPS) is 23.5. The van der Waals surface area contributed by atoms with Gasteiger partial charge in [0.15, 0.2) is 0 Å². The Morgan fingerprint density at radius 1 is 1.47 bits per heavy atom. The highest BCUT2D eigenvalue weighted by molar-refractivity contribution is 5.04. The van der Waals surface area contributed by atoms with Gasteiger partial charge in [0.2, 0.25) is 0 Å². The molecule has 0 saturated carbocycles. The first-order valence-corrected chi connectivity index (χ1v) is 6.63. The lowest BCUT2D eigenvalue weighted by Gasteiger charge is -2.38. The standard InChI is InChI=1S/C14H22N2O/c1-2-14(17)13-8-4-6-10-16(13)11-12-7-3-5-9-15-12/h3,5,7,9,13-14,17H,2,4,6,8,10-11H2,1H3/t13-,14-/m0/s1. The summed E-state index contributed by atoms with van der Waals surface area (Å²) in [6.07, 6.45) is 6.06. The predicted molar refractivity (Wildman–Crippen MR) is 68.6 cm³/mol. The number of pyridine rings is 1. The number of aromatic nitrogens is 1. The quantitative estimate of drug-likeness (QED) is 0.867. The van der Waals surface area contributed by atoms with Crippen LogP contribution in [0.15, 0.2) is 24.4 Å². The van der Waals surface area contributed by atoms with Gasteiger partial charge in [0.1, 0.15) is 0 Å². The lowest BCUT2D eigenvalue weighted by Crippen LogP contribution is -2.46. The van der Waals surface area contributed by atoms with E-state index in [2.05, 4.69) is 22.9 Å². The molecule has 1 saturated heterocycles. The van der Waals surface area contributed by atoms with Crippen LogP contribution in [0.25, 0.3) is 0 Å². The molecule has 17 heavy (non-hydrogen) atoms. The van der Waals surface area contributed by atoms with Crippen molar-refractivity contribution in [2.75, 3.05) is 6.54 Å². The summed E-state index contributed by atoms with van der Waals surface area (Å²) < 4.78 is 0. The Labute approximate surface area is 103 Å². The van der Waals surface area contributed by atoms with Crippen molar-refractivity contribution in [2.24, 2.45) is 0 Å². The third-order valence-electron chi connectivity index (χ3n) is 3.62. The molecule has 0 amide bonds. The van der Waals surface area contributed by atoms with Crippen molar-refractivity contribution in [1.82, 2.24) is 9.88 Å². The first kappa shape index (κ1) is 12.5. The third-order valence-corrected chi connectivity index (χ3v) is 3.62. The highest BCUT2D eigenvalue weighted by Crippen LogP contribution is 2.22. The minimum atomic E-state index is -0.195.